The fourth-order valence-electron chi connectivity index (χ4n) is 3.06. The fourth-order valence-corrected chi connectivity index (χ4v) is 3.06. The molecule has 0 aromatic heterocycles. The highest BCUT2D eigenvalue weighted by atomic mass is 16.3. The summed E-state index contributed by atoms with van der Waals surface area (Å²) in [5.74, 6) is 0.805. The number of aliphatic hydroxyl groups is 1. The zero-order chi connectivity index (χ0) is 16.3. The maximum absolute atomic E-state index is 12.0. The SMILES string of the molecule is CC1CCN(c2cccc(NC(=O)NCC3(CO)CC3)c2)CC1. The molecule has 1 heterocycles. The van der Waals surface area contributed by atoms with Gasteiger partial charge in [0.1, 0.15) is 0 Å². The van der Waals surface area contributed by atoms with E-state index in [1.165, 1.54) is 18.5 Å². The molecule has 0 bridgehead atoms. The molecule has 1 aromatic carbocycles. The zero-order valence-electron chi connectivity index (χ0n) is 13.8. The highest BCUT2D eigenvalue weighted by Gasteiger charge is 2.42. The lowest BCUT2D eigenvalue weighted by molar-refractivity contribution is 0.206. The van der Waals surface area contributed by atoms with Gasteiger partial charge in [-0.25, -0.2) is 4.79 Å². The van der Waals surface area contributed by atoms with E-state index in [1.54, 1.807) is 0 Å². The first-order valence-electron chi connectivity index (χ1n) is 8.61. The molecule has 23 heavy (non-hydrogen) atoms. The second-order valence-electron chi connectivity index (χ2n) is 7.19. The summed E-state index contributed by atoms with van der Waals surface area (Å²) in [5.41, 5.74) is 1.92. The van der Waals surface area contributed by atoms with Crippen LogP contribution in [0.4, 0.5) is 16.2 Å². The predicted molar refractivity (Wildman–Crippen MR) is 92.8 cm³/mol. The van der Waals surface area contributed by atoms with Gasteiger partial charge in [-0.05, 0) is 49.8 Å². The predicted octanol–water partition coefficient (Wildman–Crippen LogP) is 2.82. The van der Waals surface area contributed by atoms with E-state index in [4.69, 9.17) is 0 Å². The monoisotopic (exact) mass is 317 g/mol. The quantitative estimate of drug-likeness (QED) is 0.782. The molecule has 3 rings (SSSR count). The van der Waals surface area contributed by atoms with Gasteiger partial charge in [0.2, 0.25) is 0 Å². The number of carbonyl (C=O) groups is 1. The molecule has 2 aliphatic rings. The Morgan fingerprint density at radius 3 is 2.74 bits per heavy atom. The Labute approximate surface area is 138 Å². The van der Waals surface area contributed by atoms with Crippen molar-refractivity contribution in [2.75, 3.05) is 36.5 Å². The molecule has 0 atom stereocenters. The van der Waals surface area contributed by atoms with Crippen molar-refractivity contribution in [3.05, 3.63) is 24.3 Å². The number of rotatable bonds is 5. The van der Waals surface area contributed by atoms with Crippen molar-refractivity contribution >= 4 is 17.4 Å². The number of amides is 2. The molecule has 1 saturated heterocycles. The zero-order valence-corrected chi connectivity index (χ0v) is 13.8. The van der Waals surface area contributed by atoms with Crippen molar-refractivity contribution in [1.82, 2.24) is 5.32 Å². The van der Waals surface area contributed by atoms with Crippen molar-refractivity contribution in [3.63, 3.8) is 0 Å². The van der Waals surface area contributed by atoms with Crippen LogP contribution >= 0.6 is 0 Å². The highest BCUT2D eigenvalue weighted by molar-refractivity contribution is 5.89. The normalized spacial score (nSPS) is 20.2. The van der Waals surface area contributed by atoms with E-state index < -0.39 is 0 Å². The third-order valence-corrected chi connectivity index (χ3v) is 5.17. The van der Waals surface area contributed by atoms with Crippen molar-refractivity contribution < 1.29 is 9.90 Å². The van der Waals surface area contributed by atoms with Gasteiger partial charge in [-0.1, -0.05) is 13.0 Å². The third kappa shape index (κ3) is 4.16. The van der Waals surface area contributed by atoms with E-state index in [1.807, 2.05) is 18.2 Å². The summed E-state index contributed by atoms with van der Waals surface area (Å²) < 4.78 is 0. The molecule has 1 saturated carbocycles. The second kappa shape index (κ2) is 6.79. The van der Waals surface area contributed by atoms with Gasteiger partial charge in [0, 0.05) is 36.4 Å². The number of urea groups is 1. The number of aliphatic hydroxyl groups excluding tert-OH is 1. The number of benzene rings is 1. The van der Waals surface area contributed by atoms with Crippen LogP contribution in [0.5, 0.6) is 0 Å². The Morgan fingerprint density at radius 2 is 2.09 bits per heavy atom. The molecule has 3 N–H and O–H groups in total. The van der Waals surface area contributed by atoms with Crippen LogP contribution in [0.1, 0.15) is 32.6 Å². The lowest BCUT2D eigenvalue weighted by atomic mass is 9.99. The topological polar surface area (TPSA) is 64.6 Å². The minimum absolute atomic E-state index is 0.0658. The molecule has 1 aromatic rings. The van der Waals surface area contributed by atoms with Crippen LogP contribution in [-0.2, 0) is 0 Å². The van der Waals surface area contributed by atoms with Crippen LogP contribution in [0, 0.1) is 11.3 Å². The van der Waals surface area contributed by atoms with Crippen LogP contribution in [0.15, 0.2) is 24.3 Å². The average molecular weight is 317 g/mol. The number of hydrogen-bond donors (Lipinski definition) is 3. The largest absolute Gasteiger partial charge is 0.396 e. The number of carbonyl (C=O) groups excluding carboxylic acids is 1. The number of piperidine rings is 1. The maximum Gasteiger partial charge on any atom is 0.319 e. The van der Waals surface area contributed by atoms with Gasteiger partial charge in [0.25, 0.3) is 0 Å². The molecule has 5 heteroatoms. The van der Waals surface area contributed by atoms with Crippen LogP contribution in [0.2, 0.25) is 0 Å². The first-order valence-corrected chi connectivity index (χ1v) is 8.61. The van der Waals surface area contributed by atoms with Crippen LogP contribution in [0.3, 0.4) is 0 Å². The van der Waals surface area contributed by atoms with E-state index in [0.29, 0.717) is 6.54 Å². The smallest absolute Gasteiger partial charge is 0.319 e. The van der Waals surface area contributed by atoms with E-state index in [0.717, 1.165) is 37.5 Å². The van der Waals surface area contributed by atoms with Crippen LogP contribution in [0.25, 0.3) is 0 Å². The first-order chi connectivity index (χ1) is 11.1. The molecule has 126 valence electrons. The molecule has 2 amide bonds. The number of nitrogens with zero attached hydrogens (tertiary/aromatic N) is 1. The van der Waals surface area contributed by atoms with Crippen molar-refractivity contribution in [2.45, 2.75) is 32.6 Å². The molecule has 5 nitrogen and oxygen atoms in total. The van der Waals surface area contributed by atoms with Crippen molar-refractivity contribution in [1.29, 1.82) is 0 Å². The molecule has 0 radical (unpaired) electrons. The summed E-state index contributed by atoms with van der Waals surface area (Å²) >= 11 is 0. The minimum Gasteiger partial charge on any atom is -0.396 e. The van der Waals surface area contributed by atoms with Gasteiger partial charge < -0.3 is 20.6 Å². The minimum atomic E-state index is -0.200. The Kier molecular flexibility index (Phi) is 4.76. The van der Waals surface area contributed by atoms with Gasteiger partial charge in [0.05, 0.1) is 6.61 Å². The molecule has 1 aliphatic heterocycles. The summed E-state index contributed by atoms with van der Waals surface area (Å²) in [7, 11) is 0. The number of nitrogens with one attached hydrogen (secondary N) is 2. The Morgan fingerprint density at radius 1 is 1.35 bits per heavy atom. The molecular weight excluding hydrogens is 290 g/mol. The van der Waals surface area contributed by atoms with E-state index in [9.17, 15) is 9.90 Å². The highest BCUT2D eigenvalue weighted by Crippen LogP contribution is 2.44. The lowest BCUT2D eigenvalue weighted by Crippen LogP contribution is -2.35. The van der Waals surface area contributed by atoms with Gasteiger partial charge in [-0.3, -0.25) is 0 Å². The second-order valence-corrected chi connectivity index (χ2v) is 7.19. The summed E-state index contributed by atoms with van der Waals surface area (Å²) in [6.45, 7) is 5.15. The molecular formula is C18H27N3O2. The molecule has 0 spiro atoms. The Hall–Kier alpha value is -1.75. The standard InChI is InChI=1S/C18H27N3O2/c1-14-5-9-21(10-6-14)16-4-2-3-15(11-16)20-17(23)19-12-18(13-22)7-8-18/h2-4,11,14,22H,5-10,12-13H2,1H3,(H2,19,20,23). The summed E-state index contributed by atoms with van der Waals surface area (Å²) in [6.07, 6.45) is 4.43. The Balaban J connectivity index is 1.53. The van der Waals surface area contributed by atoms with Gasteiger partial charge in [0.15, 0.2) is 0 Å². The van der Waals surface area contributed by atoms with Gasteiger partial charge >= 0.3 is 6.03 Å². The lowest BCUT2D eigenvalue weighted by Gasteiger charge is -2.32. The van der Waals surface area contributed by atoms with E-state index >= 15 is 0 Å². The Bertz CT molecular complexity index is 549. The number of anilines is 2. The third-order valence-electron chi connectivity index (χ3n) is 5.17. The van der Waals surface area contributed by atoms with Crippen molar-refractivity contribution in [3.8, 4) is 0 Å². The summed E-state index contributed by atoms with van der Waals surface area (Å²) in [4.78, 5) is 14.4. The average Bonchev–Trinajstić information content (AvgIpc) is 3.35. The van der Waals surface area contributed by atoms with Crippen LogP contribution < -0.4 is 15.5 Å². The summed E-state index contributed by atoms with van der Waals surface area (Å²) in [6, 6.07) is 7.83. The van der Waals surface area contributed by atoms with Crippen LogP contribution in [-0.4, -0.2) is 37.4 Å². The maximum atomic E-state index is 12.0. The molecule has 2 fully saturated rings. The fraction of sp³-hybridized carbons (Fsp3) is 0.611. The first kappa shape index (κ1) is 16.1. The van der Waals surface area contributed by atoms with E-state index in [2.05, 4.69) is 28.5 Å². The van der Waals surface area contributed by atoms with E-state index in [-0.39, 0.29) is 18.1 Å². The summed E-state index contributed by atoms with van der Waals surface area (Å²) in [5, 5.41) is 15.0. The van der Waals surface area contributed by atoms with Crippen molar-refractivity contribution in [2.24, 2.45) is 11.3 Å². The number of hydrogen-bond acceptors (Lipinski definition) is 3. The van der Waals surface area contributed by atoms with Gasteiger partial charge in [-0.15, -0.1) is 0 Å². The molecule has 1 aliphatic carbocycles. The molecule has 0 unspecified atom stereocenters. The van der Waals surface area contributed by atoms with Gasteiger partial charge in [-0.2, -0.15) is 0 Å².